The minimum Gasteiger partial charge on any atom is -0.348 e. The van der Waals surface area contributed by atoms with Crippen molar-refractivity contribution in [2.45, 2.75) is 19.4 Å². The van der Waals surface area contributed by atoms with Gasteiger partial charge in [0.05, 0.1) is 0 Å². The van der Waals surface area contributed by atoms with Crippen LogP contribution in [0.25, 0.3) is 0 Å². The van der Waals surface area contributed by atoms with Gasteiger partial charge in [0.15, 0.2) is 0 Å². The van der Waals surface area contributed by atoms with Crippen molar-refractivity contribution in [2.75, 3.05) is 12.0 Å². The summed E-state index contributed by atoms with van der Waals surface area (Å²) in [5.41, 5.74) is 0.458. The van der Waals surface area contributed by atoms with Gasteiger partial charge in [-0.25, -0.2) is 4.98 Å². The summed E-state index contributed by atoms with van der Waals surface area (Å²) >= 11 is 5.06. The lowest BCUT2D eigenvalue weighted by Crippen LogP contribution is -2.33. The monoisotopic (exact) mass is 302 g/mol. The zero-order valence-corrected chi connectivity index (χ0v) is 11.8. The zero-order valence-electron chi connectivity index (χ0n) is 9.37. The van der Waals surface area contributed by atoms with Gasteiger partial charge >= 0.3 is 0 Å². The molecule has 0 aliphatic heterocycles. The van der Waals surface area contributed by atoms with Crippen LogP contribution >= 0.6 is 27.7 Å². The highest BCUT2D eigenvalue weighted by molar-refractivity contribution is 9.10. The van der Waals surface area contributed by atoms with Crippen LogP contribution in [0.4, 0.5) is 0 Å². The Morgan fingerprint density at radius 1 is 1.62 bits per heavy atom. The molecule has 0 saturated carbocycles. The van der Waals surface area contributed by atoms with Gasteiger partial charge in [0.25, 0.3) is 5.91 Å². The van der Waals surface area contributed by atoms with Gasteiger partial charge in [-0.3, -0.25) is 4.79 Å². The minimum absolute atomic E-state index is 0.110. The molecule has 1 aromatic heterocycles. The number of nitrogens with one attached hydrogen (secondary N) is 1. The molecule has 0 saturated heterocycles. The summed E-state index contributed by atoms with van der Waals surface area (Å²) in [6.07, 6.45) is 4.66. The van der Waals surface area contributed by atoms with Crippen LogP contribution in [-0.4, -0.2) is 28.9 Å². The molecule has 0 spiro atoms. The molecule has 16 heavy (non-hydrogen) atoms. The summed E-state index contributed by atoms with van der Waals surface area (Å²) in [5, 5.41) is 2.92. The molecule has 3 nitrogen and oxygen atoms in total. The molecule has 1 atom stereocenters. The van der Waals surface area contributed by atoms with Crippen LogP contribution in [-0.2, 0) is 0 Å². The van der Waals surface area contributed by atoms with Crippen LogP contribution in [0.2, 0.25) is 0 Å². The Kier molecular flexibility index (Phi) is 5.84. The van der Waals surface area contributed by atoms with Gasteiger partial charge in [0.2, 0.25) is 0 Å². The van der Waals surface area contributed by atoms with E-state index in [1.807, 2.05) is 13.0 Å². The largest absolute Gasteiger partial charge is 0.348 e. The molecular weight excluding hydrogens is 288 g/mol. The second-order valence-corrected chi connectivity index (χ2v) is 5.42. The summed E-state index contributed by atoms with van der Waals surface area (Å²) < 4.78 is 0.875. The number of carbonyl (C=O) groups is 1. The maximum Gasteiger partial charge on any atom is 0.270 e. The van der Waals surface area contributed by atoms with Gasteiger partial charge in [0, 0.05) is 16.7 Å². The van der Waals surface area contributed by atoms with E-state index in [-0.39, 0.29) is 11.9 Å². The van der Waals surface area contributed by atoms with Crippen molar-refractivity contribution in [1.82, 2.24) is 10.3 Å². The molecule has 0 aliphatic carbocycles. The fraction of sp³-hybridized carbons (Fsp3) is 0.455. The molecule has 1 rings (SSSR count). The Hall–Kier alpha value is -0.550. The summed E-state index contributed by atoms with van der Waals surface area (Å²) in [6, 6.07) is 3.71. The van der Waals surface area contributed by atoms with Crippen LogP contribution in [0.15, 0.2) is 22.8 Å². The average Bonchev–Trinajstić information content (AvgIpc) is 2.27. The normalized spacial score (nSPS) is 12.2. The number of rotatable bonds is 5. The smallest absolute Gasteiger partial charge is 0.270 e. The first-order valence-electron chi connectivity index (χ1n) is 5.05. The fourth-order valence-corrected chi connectivity index (χ4v) is 2.00. The number of hydrogen-bond donors (Lipinski definition) is 1. The molecule has 0 aromatic carbocycles. The Morgan fingerprint density at radius 3 is 2.94 bits per heavy atom. The van der Waals surface area contributed by atoms with Crippen molar-refractivity contribution in [3.05, 3.63) is 28.5 Å². The van der Waals surface area contributed by atoms with Gasteiger partial charge in [-0.1, -0.05) is 0 Å². The van der Waals surface area contributed by atoms with Crippen molar-refractivity contribution in [3.63, 3.8) is 0 Å². The molecular formula is C11H15BrN2OS. The van der Waals surface area contributed by atoms with Crippen molar-refractivity contribution in [1.29, 1.82) is 0 Å². The van der Waals surface area contributed by atoms with Gasteiger partial charge in [-0.05, 0) is 53.4 Å². The Balaban J connectivity index is 2.48. The highest BCUT2D eigenvalue weighted by Crippen LogP contribution is 2.08. The van der Waals surface area contributed by atoms with Crippen molar-refractivity contribution in [2.24, 2.45) is 0 Å². The minimum atomic E-state index is -0.110. The average molecular weight is 303 g/mol. The van der Waals surface area contributed by atoms with Crippen LogP contribution in [0.5, 0.6) is 0 Å². The lowest BCUT2D eigenvalue weighted by molar-refractivity contribution is 0.0934. The standard InChI is InChI=1S/C11H15BrN2OS/c1-8(5-6-16-2)14-11(15)10-4-3-9(12)7-13-10/h3-4,7-8H,5-6H2,1-2H3,(H,14,15). The van der Waals surface area contributed by atoms with Crippen LogP contribution in [0.1, 0.15) is 23.8 Å². The van der Waals surface area contributed by atoms with Crippen molar-refractivity contribution >= 4 is 33.6 Å². The van der Waals surface area contributed by atoms with Crippen LogP contribution in [0.3, 0.4) is 0 Å². The van der Waals surface area contributed by atoms with E-state index in [0.29, 0.717) is 5.69 Å². The summed E-state index contributed by atoms with van der Waals surface area (Å²) in [7, 11) is 0. The van der Waals surface area contributed by atoms with E-state index in [9.17, 15) is 4.79 Å². The first kappa shape index (κ1) is 13.5. The Morgan fingerprint density at radius 2 is 2.38 bits per heavy atom. The molecule has 1 aromatic rings. The van der Waals surface area contributed by atoms with Gasteiger partial charge in [-0.15, -0.1) is 0 Å². The Bertz CT molecular complexity index is 342. The third-order valence-electron chi connectivity index (χ3n) is 2.09. The molecule has 1 heterocycles. The molecule has 1 N–H and O–H groups in total. The maximum atomic E-state index is 11.7. The second-order valence-electron chi connectivity index (χ2n) is 3.52. The quantitative estimate of drug-likeness (QED) is 0.909. The number of nitrogens with zero attached hydrogens (tertiary/aromatic N) is 1. The lowest BCUT2D eigenvalue weighted by Gasteiger charge is -2.12. The van der Waals surface area contributed by atoms with E-state index in [1.165, 1.54) is 0 Å². The summed E-state index contributed by atoms with van der Waals surface area (Å²) in [6.45, 7) is 2.01. The highest BCUT2D eigenvalue weighted by Gasteiger charge is 2.10. The fourth-order valence-electron chi connectivity index (χ4n) is 1.17. The summed E-state index contributed by atoms with van der Waals surface area (Å²) in [4.78, 5) is 15.8. The topological polar surface area (TPSA) is 42.0 Å². The highest BCUT2D eigenvalue weighted by atomic mass is 79.9. The summed E-state index contributed by atoms with van der Waals surface area (Å²) in [5.74, 6) is 0.941. The molecule has 5 heteroatoms. The number of thioether (sulfide) groups is 1. The van der Waals surface area contributed by atoms with Crippen LogP contribution < -0.4 is 5.32 Å². The predicted octanol–water partition coefficient (Wildman–Crippen LogP) is 2.72. The van der Waals surface area contributed by atoms with E-state index in [1.54, 1.807) is 24.0 Å². The van der Waals surface area contributed by atoms with E-state index in [4.69, 9.17) is 0 Å². The maximum absolute atomic E-state index is 11.7. The predicted molar refractivity (Wildman–Crippen MR) is 71.9 cm³/mol. The third kappa shape index (κ3) is 4.53. The first-order chi connectivity index (χ1) is 7.63. The SMILES string of the molecule is CSCCC(C)NC(=O)c1ccc(Br)cn1. The van der Waals surface area contributed by atoms with Gasteiger partial charge < -0.3 is 5.32 Å². The number of aromatic nitrogens is 1. The molecule has 0 bridgehead atoms. The molecule has 0 aliphatic rings. The number of carbonyl (C=O) groups excluding carboxylic acids is 1. The Labute approximate surface area is 109 Å². The number of pyridine rings is 1. The molecule has 0 fully saturated rings. The first-order valence-corrected chi connectivity index (χ1v) is 7.23. The number of amides is 1. The van der Waals surface area contributed by atoms with E-state index in [2.05, 4.69) is 32.5 Å². The van der Waals surface area contributed by atoms with Crippen LogP contribution in [0, 0.1) is 0 Å². The zero-order chi connectivity index (χ0) is 12.0. The van der Waals surface area contributed by atoms with E-state index < -0.39 is 0 Å². The van der Waals surface area contributed by atoms with Gasteiger partial charge in [-0.2, -0.15) is 11.8 Å². The molecule has 88 valence electrons. The van der Waals surface area contributed by atoms with E-state index >= 15 is 0 Å². The number of hydrogen-bond acceptors (Lipinski definition) is 3. The third-order valence-corrected chi connectivity index (χ3v) is 3.21. The van der Waals surface area contributed by atoms with Crippen molar-refractivity contribution < 1.29 is 4.79 Å². The van der Waals surface area contributed by atoms with E-state index in [0.717, 1.165) is 16.6 Å². The lowest BCUT2D eigenvalue weighted by atomic mass is 10.2. The molecule has 0 radical (unpaired) electrons. The van der Waals surface area contributed by atoms with Crippen molar-refractivity contribution in [3.8, 4) is 0 Å². The molecule has 1 unspecified atom stereocenters. The number of halogens is 1. The van der Waals surface area contributed by atoms with Gasteiger partial charge in [0.1, 0.15) is 5.69 Å². The second kappa shape index (κ2) is 6.91. The molecule has 1 amide bonds.